The van der Waals surface area contributed by atoms with Crippen molar-refractivity contribution in [1.29, 1.82) is 0 Å². The zero-order chi connectivity index (χ0) is 13.5. The fraction of sp³-hybridized carbons (Fsp3) is 0.333. The number of hydrogen-bond donors (Lipinski definition) is 1. The number of pyridine rings is 1. The number of sulfonamides is 1. The van der Waals surface area contributed by atoms with E-state index >= 15 is 0 Å². The molecule has 1 aromatic rings. The van der Waals surface area contributed by atoms with E-state index in [2.05, 4.69) is 36.8 Å². The monoisotopic (exact) mass is 397 g/mol. The number of nitrogens with two attached hydrogens (primary N) is 1. The molecule has 1 fully saturated rings. The minimum absolute atomic E-state index is 0.0404. The molecule has 6 nitrogen and oxygen atoms in total. The van der Waals surface area contributed by atoms with Crippen LogP contribution in [0.4, 0.5) is 5.82 Å². The second-order valence-corrected chi connectivity index (χ2v) is 7.31. The molecule has 9 heteroatoms. The summed E-state index contributed by atoms with van der Waals surface area (Å²) in [6.07, 6.45) is -0.103. The van der Waals surface area contributed by atoms with Gasteiger partial charge in [0, 0.05) is 13.0 Å². The lowest BCUT2D eigenvalue weighted by Crippen LogP contribution is -2.32. The van der Waals surface area contributed by atoms with E-state index in [1.54, 1.807) is 12.1 Å². The molecule has 2 N–H and O–H groups in total. The second kappa shape index (κ2) is 4.87. The number of amides is 1. The second-order valence-electron chi connectivity index (χ2n) is 3.86. The van der Waals surface area contributed by atoms with Crippen molar-refractivity contribution in [3.05, 3.63) is 21.2 Å². The van der Waals surface area contributed by atoms with Gasteiger partial charge in [0.2, 0.25) is 15.9 Å². The lowest BCUT2D eigenvalue weighted by molar-refractivity contribution is -0.117. The third kappa shape index (κ3) is 2.73. The summed E-state index contributed by atoms with van der Waals surface area (Å²) in [5, 5.41) is 4.19. The maximum Gasteiger partial charge on any atom is 0.229 e. The van der Waals surface area contributed by atoms with Gasteiger partial charge in [0.1, 0.15) is 15.7 Å². The molecule has 1 unspecified atom stereocenters. The van der Waals surface area contributed by atoms with Crippen LogP contribution < -0.4 is 10.0 Å². The zero-order valence-electron chi connectivity index (χ0n) is 9.01. The summed E-state index contributed by atoms with van der Waals surface area (Å²) < 4.78 is 23.8. The number of hydrogen-bond acceptors (Lipinski definition) is 4. The smallest absolute Gasteiger partial charge is 0.229 e. The standard InChI is InChI=1S/C9H9Br2N3O3S/c10-6-1-2-7(13-9(6)11)14-4-5(3-8(14)15)18(12,16)17/h1-2,5H,3-4H2,(H2,12,16,17). The fourth-order valence-corrected chi connectivity index (χ4v) is 2.94. The van der Waals surface area contributed by atoms with E-state index in [-0.39, 0.29) is 18.9 Å². The van der Waals surface area contributed by atoms with Crippen LogP contribution in [0.5, 0.6) is 0 Å². The normalized spacial score (nSPS) is 20.5. The Morgan fingerprint density at radius 1 is 1.39 bits per heavy atom. The Bertz CT molecular complexity index is 605. The molecule has 1 aliphatic heterocycles. The molecule has 0 radical (unpaired) electrons. The van der Waals surface area contributed by atoms with E-state index in [0.717, 1.165) is 4.47 Å². The Morgan fingerprint density at radius 3 is 2.56 bits per heavy atom. The Labute approximate surface area is 121 Å². The van der Waals surface area contributed by atoms with Crippen molar-refractivity contribution in [2.75, 3.05) is 11.4 Å². The highest BCUT2D eigenvalue weighted by Crippen LogP contribution is 2.27. The zero-order valence-corrected chi connectivity index (χ0v) is 13.0. The number of aromatic nitrogens is 1. The summed E-state index contributed by atoms with van der Waals surface area (Å²) in [5.74, 6) is 0.108. The van der Waals surface area contributed by atoms with Gasteiger partial charge in [0.05, 0.1) is 4.47 Å². The van der Waals surface area contributed by atoms with Gasteiger partial charge in [-0.1, -0.05) is 0 Å². The van der Waals surface area contributed by atoms with Gasteiger partial charge in [0.15, 0.2) is 0 Å². The quantitative estimate of drug-likeness (QED) is 0.752. The first-order valence-electron chi connectivity index (χ1n) is 4.93. The molecule has 0 aliphatic carbocycles. The molecule has 2 heterocycles. The molecule has 1 saturated heterocycles. The van der Waals surface area contributed by atoms with Crippen molar-refractivity contribution in [2.24, 2.45) is 5.14 Å². The maximum absolute atomic E-state index is 11.8. The molecule has 0 bridgehead atoms. The first kappa shape index (κ1) is 13.9. The summed E-state index contributed by atoms with van der Waals surface area (Å²) in [7, 11) is -3.71. The molecular formula is C9H9Br2N3O3S. The highest BCUT2D eigenvalue weighted by Gasteiger charge is 2.37. The van der Waals surface area contributed by atoms with Crippen molar-refractivity contribution in [3.8, 4) is 0 Å². The molecule has 0 spiro atoms. The van der Waals surface area contributed by atoms with E-state index in [0.29, 0.717) is 10.4 Å². The topological polar surface area (TPSA) is 93.4 Å². The molecule has 98 valence electrons. The Balaban J connectivity index is 2.30. The first-order valence-corrected chi connectivity index (χ1v) is 8.12. The number of rotatable bonds is 2. The van der Waals surface area contributed by atoms with E-state index in [4.69, 9.17) is 5.14 Å². The Hall–Kier alpha value is -0.510. The van der Waals surface area contributed by atoms with Crippen LogP contribution >= 0.6 is 31.9 Å². The predicted octanol–water partition coefficient (Wildman–Crippen LogP) is 1.00. The van der Waals surface area contributed by atoms with Crippen LogP contribution in [-0.4, -0.2) is 31.1 Å². The van der Waals surface area contributed by atoms with Crippen molar-refractivity contribution >= 4 is 53.6 Å². The molecule has 2 rings (SSSR count). The number of carbonyl (C=O) groups is 1. The summed E-state index contributed by atoms with van der Waals surface area (Å²) in [6, 6.07) is 3.36. The van der Waals surface area contributed by atoms with Gasteiger partial charge >= 0.3 is 0 Å². The lowest BCUT2D eigenvalue weighted by atomic mass is 10.4. The molecule has 0 aromatic carbocycles. The van der Waals surface area contributed by atoms with Crippen LogP contribution in [0.15, 0.2) is 21.2 Å². The third-order valence-corrected chi connectivity index (χ3v) is 5.64. The van der Waals surface area contributed by atoms with E-state index in [1.807, 2.05) is 0 Å². The van der Waals surface area contributed by atoms with Crippen molar-refractivity contribution in [1.82, 2.24) is 4.98 Å². The van der Waals surface area contributed by atoms with Gasteiger partial charge in [-0.25, -0.2) is 18.5 Å². The van der Waals surface area contributed by atoms with Crippen LogP contribution in [0.1, 0.15) is 6.42 Å². The van der Waals surface area contributed by atoms with E-state index < -0.39 is 15.3 Å². The van der Waals surface area contributed by atoms with E-state index in [1.165, 1.54) is 4.90 Å². The molecule has 1 atom stereocenters. The van der Waals surface area contributed by atoms with Crippen LogP contribution in [0.2, 0.25) is 0 Å². The third-order valence-electron chi connectivity index (χ3n) is 2.62. The fourth-order valence-electron chi connectivity index (χ4n) is 1.67. The molecular weight excluding hydrogens is 390 g/mol. The predicted molar refractivity (Wildman–Crippen MR) is 73.5 cm³/mol. The minimum atomic E-state index is -3.71. The number of halogens is 2. The van der Waals surface area contributed by atoms with Crippen LogP contribution in [0.3, 0.4) is 0 Å². The van der Waals surface area contributed by atoms with Gasteiger partial charge in [-0.2, -0.15) is 0 Å². The molecule has 0 saturated carbocycles. The first-order chi connectivity index (χ1) is 8.29. The molecule has 1 aliphatic rings. The minimum Gasteiger partial charge on any atom is -0.295 e. The number of anilines is 1. The largest absolute Gasteiger partial charge is 0.295 e. The van der Waals surface area contributed by atoms with E-state index in [9.17, 15) is 13.2 Å². The Morgan fingerprint density at radius 2 is 2.06 bits per heavy atom. The van der Waals surface area contributed by atoms with Gasteiger partial charge < -0.3 is 0 Å². The molecule has 1 amide bonds. The average Bonchev–Trinajstić information content (AvgIpc) is 2.64. The number of primary sulfonamides is 1. The van der Waals surface area contributed by atoms with Crippen LogP contribution in [0.25, 0.3) is 0 Å². The SMILES string of the molecule is NS(=O)(=O)C1CC(=O)N(c2ccc(Br)c(Br)n2)C1. The van der Waals surface area contributed by atoms with Crippen LogP contribution in [-0.2, 0) is 14.8 Å². The van der Waals surface area contributed by atoms with Gasteiger partial charge in [-0.15, -0.1) is 0 Å². The van der Waals surface area contributed by atoms with Crippen molar-refractivity contribution < 1.29 is 13.2 Å². The highest BCUT2D eigenvalue weighted by atomic mass is 79.9. The van der Waals surface area contributed by atoms with Crippen molar-refractivity contribution in [2.45, 2.75) is 11.7 Å². The average molecular weight is 399 g/mol. The summed E-state index contributed by atoms with van der Waals surface area (Å²) in [4.78, 5) is 17.3. The summed E-state index contributed by atoms with van der Waals surface area (Å²) >= 11 is 6.50. The maximum atomic E-state index is 11.8. The van der Waals surface area contributed by atoms with Gasteiger partial charge in [-0.05, 0) is 44.0 Å². The van der Waals surface area contributed by atoms with Crippen LogP contribution in [0, 0.1) is 0 Å². The number of nitrogens with zero attached hydrogens (tertiary/aromatic N) is 2. The molecule has 18 heavy (non-hydrogen) atoms. The van der Waals surface area contributed by atoms with Gasteiger partial charge in [0.25, 0.3) is 0 Å². The van der Waals surface area contributed by atoms with Gasteiger partial charge in [-0.3, -0.25) is 9.69 Å². The number of carbonyl (C=O) groups excluding carboxylic acids is 1. The van der Waals surface area contributed by atoms with Crippen molar-refractivity contribution in [3.63, 3.8) is 0 Å². The summed E-state index contributed by atoms with van der Waals surface area (Å²) in [5.41, 5.74) is 0. The Kier molecular flexibility index (Phi) is 3.77. The molecule has 1 aromatic heterocycles. The lowest BCUT2D eigenvalue weighted by Gasteiger charge is -2.15. The summed E-state index contributed by atoms with van der Waals surface area (Å²) in [6.45, 7) is 0.0404. The highest BCUT2D eigenvalue weighted by molar-refractivity contribution is 9.13.